The van der Waals surface area contributed by atoms with E-state index in [0.717, 1.165) is 12.6 Å². The van der Waals surface area contributed by atoms with E-state index in [1.165, 1.54) is 38.6 Å². The molecule has 0 radical (unpaired) electrons. The van der Waals surface area contributed by atoms with Crippen molar-refractivity contribution < 1.29 is 0 Å². The minimum Gasteiger partial charge on any atom is -0.312 e. The zero-order chi connectivity index (χ0) is 13.4. The third-order valence-corrected chi connectivity index (χ3v) is 5.34. The molecule has 0 bridgehead atoms. The molecular weight excluding hydrogens is 220 g/mol. The van der Waals surface area contributed by atoms with Crippen molar-refractivity contribution in [2.75, 3.05) is 13.1 Å². The van der Waals surface area contributed by atoms with Crippen LogP contribution in [0.4, 0.5) is 0 Å². The molecule has 0 spiro atoms. The SMILES string of the molecule is CCNC1C(N2CCCC2(C)C)CCCC1(C)C. The van der Waals surface area contributed by atoms with Gasteiger partial charge in [-0.1, -0.05) is 27.2 Å². The first-order chi connectivity index (χ1) is 8.38. The van der Waals surface area contributed by atoms with Gasteiger partial charge in [-0.15, -0.1) is 0 Å². The molecule has 2 nitrogen and oxygen atoms in total. The lowest BCUT2D eigenvalue weighted by Gasteiger charge is -2.51. The molecule has 2 aliphatic rings. The second-order valence-corrected chi connectivity index (χ2v) is 7.59. The Labute approximate surface area is 114 Å². The third-order valence-electron chi connectivity index (χ3n) is 5.34. The van der Waals surface area contributed by atoms with Gasteiger partial charge in [0.15, 0.2) is 0 Å². The third kappa shape index (κ3) is 2.60. The molecule has 1 aliphatic carbocycles. The summed E-state index contributed by atoms with van der Waals surface area (Å²) in [6, 6.07) is 1.40. The molecule has 0 aromatic rings. The lowest BCUT2D eigenvalue weighted by molar-refractivity contribution is 0.0159. The summed E-state index contributed by atoms with van der Waals surface area (Å²) in [6.07, 6.45) is 6.89. The van der Waals surface area contributed by atoms with Crippen molar-refractivity contribution in [3.05, 3.63) is 0 Å². The highest BCUT2D eigenvalue weighted by Crippen LogP contribution is 2.42. The van der Waals surface area contributed by atoms with E-state index >= 15 is 0 Å². The Kier molecular flexibility index (Phi) is 4.08. The number of likely N-dealkylation sites (N-methyl/N-ethyl adjacent to an activating group) is 1. The fourth-order valence-corrected chi connectivity index (χ4v) is 4.32. The van der Waals surface area contributed by atoms with Crippen LogP contribution in [-0.4, -0.2) is 35.6 Å². The molecule has 2 rings (SSSR count). The predicted octanol–water partition coefficient (Wildman–Crippen LogP) is 3.42. The minimum absolute atomic E-state index is 0.408. The van der Waals surface area contributed by atoms with Crippen molar-refractivity contribution in [1.29, 1.82) is 0 Å². The van der Waals surface area contributed by atoms with Crippen LogP contribution in [0.1, 0.15) is 66.7 Å². The molecular formula is C16H32N2. The monoisotopic (exact) mass is 252 g/mol. The fourth-order valence-electron chi connectivity index (χ4n) is 4.32. The van der Waals surface area contributed by atoms with Gasteiger partial charge in [-0.25, -0.2) is 0 Å². The highest BCUT2D eigenvalue weighted by Gasteiger charge is 2.46. The summed E-state index contributed by atoms with van der Waals surface area (Å²) in [6.45, 7) is 14.4. The van der Waals surface area contributed by atoms with Gasteiger partial charge in [0.2, 0.25) is 0 Å². The summed E-state index contributed by atoms with van der Waals surface area (Å²) in [5, 5.41) is 3.80. The Morgan fingerprint density at radius 1 is 1.11 bits per heavy atom. The van der Waals surface area contributed by atoms with Gasteiger partial charge >= 0.3 is 0 Å². The molecule has 2 atom stereocenters. The zero-order valence-electron chi connectivity index (χ0n) is 13.1. The quantitative estimate of drug-likeness (QED) is 0.828. The van der Waals surface area contributed by atoms with E-state index < -0.39 is 0 Å². The van der Waals surface area contributed by atoms with Gasteiger partial charge in [0.05, 0.1) is 0 Å². The highest BCUT2D eigenvalue weighted by atomic mass is 15.3. The van der Waals surface area contributed by atoms with Gasteiger partial charge in [0, 0.05) is 17.6 Å². The summed E-state index contributed by atoms with van der Waals surface area (Å²) in [5.41, 5.74) is 0.851. The van der Waals surface area contributed by atoms with Gasteiger partial charge in [-0.05, 0) is 58.0 Å². The Bertz CT molecular complexity index is 283. The van der Waals surface area contributed by atoms with Crippen LogP contribution >= 0.6 is 0 Å². The van der Waals surface area contributed by atoms with Crippen LogP contribution in [-0.2, 0) is 0 Å². The average Bonchev–Trinajstić information content (AvgIpc) is 2.61. The van der Waals surface area contributed by atoms with Crippen LogP contribution in [0.25, 0.3) is 0 Å². The van der Waals surface area contributed by atoms with Crippen molar-refractivity contribution in [3.8, 4) is 0 Å². The van der Waals surface area contributed by atoms with Crippen molar-refractivity contribution >= 4 is 0 Å². The second-order valence-electron chi connectivity index (χ2n) is 7.59. The number of nitrogens with one attached hydrogen (secondary N) is 1. The van der Waals surface area contributed by atoms with E-state index in [0.29, 0.717) is 17.0 Å². The first-order valence-electron chi connectivity index (χ1n) is 7.88. The average molecular weight is 252 g/mol. The Morgan fingerprint density at radius 2 is 1.83 bits per heavy atom. The maximum Gasteiger partial charge on any atom is 0.0274 e. The van der Waals surface area contributed by atoms with Crippen LogP contribution in [0.3, 0.4) is 0 Å². The van der Waals surface area contributed by atoms with Crippen LogP contribution in [0.5, 0.6) is 0 Å². The Morgan fingerprint density at radius 3 is 2.39 bits per heavy atom. The summed E-state index contributed by atoms with van der Waals surface area (Å²) in [5.74, 6) is 0. The van der Waals surface area contributed by atoms with E-state index in [9.17, 15) is 0 Å². The van der Waals surface area contributed by atoms with Gasteiger partial charge < -0.3 is 5.32 Å². The van der Waals surface area contributed by atoms with E-state index in [2.05, 4.69) is 44.8 Å². The Balaban J connectivity index is 2.18. The highest BCUT2D eigenvalue weighted by molar-refractivity contribution is 5.03. The smallest absolute Gasteiger partial charge is 0.0274 e. The molecule has 106 valence electrons. The van der Waals surface area contributed by atoms with E-state index in [-0.39, 0.29) is 0 Å². The first kappa shape index (κ1) is 14.3. The fraction of sp³-hybridized carbons (Fsp3) is 1.00. The maximum absolute atomic E-state index is 3.80. The van der Waals surface area contributed by atoms with Crippen LogP contribution < -0.4 is 5.32 Å². The molecule has 2 heteroatoms. The minimum atomic E-state index is 0.408. The molecule has 1 heterocycles. The van der Waals surface area contributed by atoms with Crippen molar-refractivity contribution in [2.24, 2.45) is 5.41 Å². The van der Waals surface area contributed by atoms with E-state index in [4.69, 9.17) is 0 Å². The van der Waals surface area contributed by atoms with Crippen LogP contribution in [0.15, 0.2) is 0 Å². The predicted molar refractivity (Wildman–Crippen MR) is 78.9 cm³/mol. The number of hydrogen-bond acceptors (Lipinski definition) is 2. The lowest BCUT2D eigenvalue weighted by Crippen LogP contribution is -2.61. The van der Waals surface area contributed by atoms with Crippen LogP contribution in [0, 0.1) is 5.41 Å². The van der Waals surface area contributed by atoms with Gasteiger partial charge in [0.25, 0.3) is 0 Å². The zero-order valence-corrected chi connectivity index (χ0v) is 13.1. The first-order valence-corrected chi connectivity index (χ1v) is 7.88. The van der Waals surface area contributed by atoms with E-state index in [1.807, 2.05) is 0 Å². The second kappa shape index (κ2) is 5.13. The molecule has 0 amide bonds. The number of likely N-dealkylation sites (tertiary alicyclic amines) is 1. The van der Waals surface area contributed by atoms with E-state index in [1.54, 1.807) is 0 Å². The van der Waals surface area contributed by atoms with Gasteiger partial charge in [0.1, 0.15) is 0 Å². The van der Waals surface area contributed by atoms with Gasteiger partial charge in [-0.2, -0.15) is 0 Å². The van der Waals surface area contributed by atoms with Crippen LogP contribution in [0.2, 0.25) is 0 Å². The Hall–Kier alpha value is -0.0800. The molecule has 18 heavy (non-hydrogen) atoms. The normalized spacial score (nSPS) is 35.8. The largest absolute Gasteiger partial charge is 0.312 e. The molecule has 1 saturated carbocycles. The molecule has 2 fully saturated rings. The number of hydrogen-bond donors (Lipinski definition) is 1. The molecule has 1 saturated heterocycles. The summed E-state index contributed by atoms with van der Waals surface area (Å²) >= 11 is 0. The lowest BCUT2D eigenvalue weighted by atomic mass is 9.69. The summed E-state index contributed by atoms with van der Waals surface area (Å²) < 4.78 is 0. The van der Waals surface area contributed by atoms with Gasteiger partial charge in [-0.3, -0.25) is 4.90 Å². The van der Waals surface area contributed by atoms with Crippen molar-refractivity contribution in [2.45, 2.75) is 84.3 Å². The maximum atomic E-state index is 3.80. The molecule has 1 N–H and O–H groups in total. The molecule has 0 aromatic heterocycles. The number of rotatable bonds is 3. The standard InChI is InChI=1S/C16H32N2/c1-6-17-14-13(9-7-10-15(14,2)3)18-12-8-11-16(18,4)5/h13-14,17H,6-12H2,1-5H3. The molecule has 2 unspecified atom stereocenters. The molecule has 1 aliphatic heterocycles. The summed E-state index contributed by atoms with van der Waals surface area (Å²) in [4.78, 5) is 2.81. The topological polar surface area (TPSA) is 15.3 Å². The number of nitrogens with zero attached hydrogens (tertiary/aromatic N) is 1. The molecule has 0 aromatic carbocycles. The summed E-state index contributed by atoms with van der Waals surface area (Å²) in [7, 11) is 0. The van der Waals surface area contributed by atoms with Crippen molar-refractivity contribution in [1.82, 2.24) is 10.2 Å². The van der Waals surface area contributed by atoms with Crippen molar-refractivity contribution in [3.63, 3.8) is 0 Å².